The summed E-state index contributed by atoms with van der Waals surface area (Å²) in [6.45, 7) is 2.25. The largest absolute Gasteiger partial charge is 0.451 e. The van der Waals surface area contributed by atoms with Crippen LogP contribution in [0.3, 0.4) is 0 Å². The van der Waals surface area contributed by atoms with Gasteiger partial charge in [-0.25, -0.2) is 10.2 Å². The number of hydrazine groups is 1. The van der Waals surface area contributed by atoms with E-state index in [0.29, 0.717) is 12.1 Å². The van der Waals surface area contributed by atoms with Crippen LogP contribution in [0.15, 0.2) is 33.2 Å². The topological polar surface area (TPSA) is 83.4 Å². The number of furan rings is 1. The number of fused-ring (bicyclic) bond motifs is 1. The lowest BCUT2D eigenvalue weighted by atomic mass is 10.2. The van der Waals surface area contributed by atoms with Crippen LogP contribution in [0, 0.1) is 0 Å². The molecule has 0 aliphatic heterocycles. The summed E-state index contributed by atoms with van der Waals surface area (Å²) in [5, 5.41) is 3.29. The maximum atomic E-state index is 11.7. The van der Waals surface area contributed by atoms with Crippen LogP contribution < -0.4 is 16.2 Å². The third-order valence-electron chi connectivity index (χ3n) is 2.33. The molecule has 100 valence electrons. The number of amides is 3. The third kappa shape index (κ3) is 3.25. The van der Waals surface area contributed by atoms with Gasteiger partial charge in [0.15, 0.2) is 5.76 Å². The number of benzene rings is 1. The molecule has 1 aromatic heterocycles. The first-order valence-corrected chi connectivity index (χ1v) is 6.42. The van der Waals surface area contributed by atoms with Gasteiger partial charge in [-0.2, -0.15) is 0 Å². The van der Waals surface area contributed by atoms with Gasteiger partial charge in [0.2, 0.25) is 0 Å². The van der Waals surface area contributed by atoms with Crippen LogP contribution in [0.4, 0.5) is 4.79 Å². The van der Waals surface area contributed by atoms with E-state index >= 15 is 0 Å². The minimum absolute atomic E-state index is 0.130. The number of nitrogens with one attached hydrogen (secondary N) is 3. The highest BCUT2D eigenvalue weighted by atomic mass is 79.9. The van der Waals surface area contributed by atoms with Crippen LogP contribution in [-0.2, 0) is 0 Å². The second-order valence-electron chi connectivity index (χ2n) is 3.73. The predicted molar refractivity (Wildman–Crippen MR) is 73.6 cm³/mol. The maximum Gasteiger partial charge on any atom is 0.333 e. The zero-order chi connectivity index (χ0) is 13.8. The minimum atomic E-state index is -0.515. The van der Waals surface area contributed by atoms with E-state index < -0.39 is 11.9 Å². The van der Waals surface area contributed by atoms with E-state index in [9.17, 15) is 9.59 Å². The molecule has 1 heterocycles. The molecule has 3 N–H and O–H groups in total. The van der Waals surface area contributed by atoms with E-state index in [1.807, 2.05) is 12.1 Å². The Balaban J connectivity index is 2.07. The molecule has 0 spiro atoms. The molecule has 6 nitrogen and oxygen atoms in total. The molecule has 0 unspecified atom stereocenters. The van der Waals surface area contributed by atoms with Gasteiger partial charge < -0.3 is 9.73 Å². The van der Waals surface area contributed by atoms with Crippen molar-refractivity contribution >= 4 is 38.8 Å². The fourth-order valence-corrected chi connectivity index (χ4v) is 1.88. The van der Waals surface area contributed by atoms with Gasteiger partial charge in [0.25, 0.3) is 0 Å². The van der Waals surface area contributed by atoms with Crippen molar-refractivity contribution in [2.75, 3.05) is 6.54 Å². The van der Waals surface area contributed by atoms with E-state index in [2.05, 4.69) is 32.1 Å². The Kier molecular flexibility index (Phi) is 4.06. The molecule has 0 atom stereocenters. The normalized spacial score (nSPS) is 10.2. The summed E-state index contributed by atoms with van der Waals surface area (Å²) < 4.78 is 6.27. The van der Waals surface area contributed by atoms with Crippen LogP contribution in [0.5, 0.6) is 0 Å². The molecule has 0 aliphatic rings. The van der Waals surface area contributed by atoms with Crippen molar-refractivity contribution in [2.24, 2.45) is 0 Å². The van der Waals surface area contributed by atoms with Crippen LogP contribution in [-0.4, -0.2) is 18.5 Å². The standard InChI is InChI=1S/C12H12BrN3O3/c1-2-14-12(18)16-15-11(17)10-6-7-5-8(13)3-4-9(7)19-10/h3-6H,2H2,1H3,(H,15,17)(H2,14,16,18). The number of halogens is 1. The van der Waals surface area contributed by atoms with Crippen molar-refractivity contribution in [1.82, 2.24) is 16.2 Å². The minimum Gasteiger partial charge on any atom is -0.451 e. The SMILES string of the molecule is CCNC(=O)NNC(=O)c1cc2cc(Br)ccc2o1. The average Bonchev–Trinajstić information content (AvgIpc) is 2.79. The summed E-state index contributed by atoms with van der Waals surface area (Å²) >= 11 is 3.34. The lowest BCUT2D eigenvalue weighted by molar-refractivity contribution is 0.0910. The van der Waals surface area contributed by atoms with Gasteiger partial charge in [0, 0.05) is 16.4 Å². The number of hydrogen-bond donors (Lipinski definition) is 3. The molecule has 0 radical (unpaired) electrons. The molecule has 2 aromatic rings. The molecule has 0 saturated heterocycles. The molecule has 3 amide bonds. The zero-order valence-corrected chi connectivity index (χ0v) is 11.7. The highest BCUT2D eigenvalue weighted by molar-refractivity contribution is 9.10. The van der Waals surface area contributed by atoms with E-state index in [-0.39, 0.29) is 5.76 Å². The van der Waals surface area contributed by atoms with Gasteiger partial charge in [-0.1, -0.05) is 15.9 Å². The highest BCUT2D eigenvalue weighted by Gasteiger charge is 2.12. The molecule has 0 saturated carbocycles. The quantitative estimate of drug-likeness (QED) is 0.740. The predicted octanol–water partition coefficient (Wildman–Crippen LogP) is 2.16. The van der Waals surface area contributed by atoms with Crippen molar-refractivity contribution in [3.63, 3.8) is 0 Å². The van der Waals surface area contributed by atoms with E-state index in [0.717, 1.165) is 9.86 Å². The molecule has 1 aromatic carbocycles. The van der Waals surface area contributed by atoms with Crippen LogP contribution in [0.1, 0.15) is 17.5 Å². The van der Waals surface area contributed by atoms with E-state index in [1.165, 1.54) is 0 Å². The fraction of sp³-hybridized carbons (Fsp3) is 0.167. The number of carbonyl (C=O) groups excluding carboxylic acids is 2. The number of hydrogen-bond acceptors (Lipinski definition) is 3. The summed E-state index contributed by atoms with van der Waals surface area (Å²) in [6.07, 6.45) is 0. The second-order valence-corrected chi connectivity index (χ2v) is 4.65. The van der Waals surface area contributed by atoms with Crippen molar-refractivity contribution in [3.05, 3.63) is 34.5 Å². The van der Waals surface area contributed by atoms with Crippen molar-refractivity contribution in [3.8, 4) is 0 Å². The Labute approximate surface area is 117 Å². The Morgan fingerprint density at radius 1 is 1.26 bits per heavy atom. The Hall–Kier alpha value is -2.02. The highest BCUT2D eigenvalue weighted by Crippen LogP contribution is 2.23. The molecular formula is C12H12BrN3O3. The van der Waals surface area contributed by atoms with E-state index in [4.69, 9.17) is 4.42 Å². The first kappa shape index (κ1) is 13.4. The smallest absolute Gasteiger partial charge is 0.333 e. The van der Waals surface area contributed by atoms with Gasteiger partial charge in [-0.05, 0) is 31.2 Å². The summed E-state index contributed by atoms with van der Waals surface area (Å²) in [4.78, 5) is 22.9. The maximum absolute atomic E-state index is 11.7. The molecule has 19 heavy (non-hydrogen) atoms. The fourth-order valence-electron chi connectivity index (χ4n) is 1.51. The van der Waals surface area contributed by atoms with Crippen molar-refractivity contribution in [1.29, 1.82) is 0 Å². The van der Waals surface area contributed by atoms with Crippen molar-refractivity contribution in [2.45, 2.75) is 6.92 Å². The second kappa shape index (κ2) is 5.75. The molecule has 0 fully saturated rings. The van der Waals surface area contributed by atoms with Gasteiger partial charge >= 0.3 is 11.9 Å². The molecule has 7 heteroatoms. The first-order chi connectivity index (χ1) is 9.10. The van der Waals surface area contributed by atoms with Crippen molar-refractivity contribution < 1.29 is 14.0 Å². The zero-order valence-electron chi connectivity index (χ0n) is 10.1. The molecule has 0 aliphatic carbocycles. The summed E-state index contributed by atoms with van der Waals surface area (Å²) in [6, 6.07) is 6.55. The lowest BCUT2D eigenvalue weighted by Gasteiger charge is -2.05. The van der Waals surface area contributed by atoms with Crippen LogP contribution in [0.2, 0.25) is 0 Å². The van der Waals surface area contributed by atoms with Gasteiger partial charge in [-0.15, -0.1) is 0 Å². The molecule has 2 rings (SSSR count). The lowest BCUT2D eigenvalue weighted by Crippen LogP contribution is -2.46. The summed E-state index contributed by atoms with van der Waals surface area (Å²) in [7, 11) is 0. The molecule has 0 bridgehead atoms. The van der Waals surface area contributed by atoms with Gasteiger partial charge in [-0.3, -0.25) is 10.2 Å². The van der Waals surface area contributed by atoms with Crippen LogP contribution in [0.25, 0.3) is 11.0 Å². The summed E-state index contributed by atoms with van der Waals surface area (Å²) in [5.41, 5.74) is 5.07. The number of urea groups is 1. The van der Waals surface area contributed by atoms with E-state index in [1.54, 1.807) is 19.1 Å². The molecular weight excluding hydrogens is 314 g/mol. The van der Waals surface area contributed by atoms with Gasteiger partial charge in [0.05, 0.1) is 0 Å². The first-order valence-electron chi connectivity index (χ1n) is 5.63. The Morgan fingerprint density at radius 3 is 2.79 bits per heavy atom. The Morgan fingerprint density at radius 2 is 2.05 bits per heavy atom. The number of rotatable bonds is 2. The van der Waals surface area contributed by atoms with Crippen LogP contribution >= 0.6 is 15.9 Å². The third-order valence-corrected chi connectivity index (χ3v) is 2.82. The number of carbonyl (C=O) groups is 2. The Bertz CT molecular complexity index is 624. The summed E-state index contributed by atoms with van der Waals surface area (Å²) in [5.74, 6) is -0.386. The van der Waals surface area contributed by atoms with Gasteiger partial charge in [0.1, 0.15) is 5.58 Å². The average molecular weight is 326 g/mol. The monoisotopic (exact) mass is 325 g/mol.